The van der Waals surface area contributed by atoms with Gasteiger partial charge in [0.15, 0.2) is 0 Å². The zero-order valence-electron chi connectivity index (χ0n) is 6.47. The number of fused-ring (bicyclic) bond motifs is 1. The number of aromatic amines is 1. The van der Waals surface area contributed by atoms with Gasteiger partial charge >= 0.3 is 0 Å². The molecule has 2 aromatic rings. The van der Waals surface area contributed by atoms with Gasteiger partial charge < -0.3 is 4.74 Å². The van der Waals surface area contributed by atoms with Gasteiger partial charge in [0, 0.05) is 9.86 Å². The quantitative estimate of drug-likeness (QED) is 0.811. The summed E-state index contributed by atoms with van der Waals surface area (Å²) in [4.78, 5) is 0. The Bertz CT molecular complexity index is 410. The third kappa shape index (κ3) is 1.08. The van der Waals surface area contributed by atoms with E-state index in [-0.39, 0.29) is 0 Å². The minimum absolute atomic E-state index is 0.829. The molecule has 1 heterocycles. The molecule has 1 N–H and O–H groups in total. The van der Waals surface area contributed by atoms with Gasteiger partial charge in [0.05, 0.1) is 18.8 Å². The number of rotatable bonds is 1. The molecule has 0 radical (unpaired) electrons. The van der Waals surface area contributed by atoms with Gasteiger partial charge in [-0.15, -0.1) is 0 Å². The van der Waals surface area contributed by atoms with Gasteiger partial charge in [0.25, 0.3) is 0 Å². The molecule has 0 amide bonds. The molecule has 0 saturated heterocycles. The highest BCUT2D eigenvalue weighted by molar-refractivity contribution is 9.10. The van der Waals surface area contributed by atoms with Gasteiger partial charge in [-0.1, -0.05) is 0 Å². The van der Waals surface area contributed by atoms with Crippen LogP contribution in [0.1, 0.15) is 0 Å². The average Bonchev–Trinajstić information content (AvgIpc) is 2.52. The summed E-state index contributed by atoms with van der Waals surface area (Å²) >= 11 is 3.42. The second-order valence-electron chi connectivity index (χ2n) is 2.44. The predicted octanol–water partition coefficient (Wildman–Crippen LogP) is 2.33. The Labute approximate surface area is 77.9 Å². The molecule has 0 aliphatic carbocycles. The molecule has 0 spiro atoms. The van der Waals surface area contributed by atoms with E-state index < -0.39 is 0 Å². The Kier molecular flexibility index (Phi) is 1.77. The van der Waals surface area contributed by atoms with Crippen molar-refractivity contribution in [2.24, 2.45) is 0 Å². The van der Waals surface area contributed by atoms with E-state index in [2.05, 4.69) is 26.1 Å². The Morgan fingerprint density at radius 1 is 1.50 bits per heavy atom. The highest BCUT2D eigenvalue weighted by atomic mass is 79.9. The van der Waals surface area contributed by atoms with Crippen molar-refractivity contribution in [1.82, 2.24) is 10.2 Å². The Hall–Kier alpha value is -1.03. The fraction of sp³-hybridized carbons (Fsp3) is 0.125. The normalized spacial score (nSPS) is 10.5. The highest BCUT2D eigenvalue weighted by Crippen LogP contribution is 2.27. The van der Waals surface area contributed by atoms with Gasteiger partial charge in [-0.05, 0) is 28.1 Å². The lowest BCUT2D eigenvalue weighted by Gasteiger charge is -2.00. The molecule has 1 aromatic carbocycles. The number of aromatic nitrogens is 2. The van der Waals surface area contributed by atoms with E-state index >= 15 is 0 Å². The summed E-state index contributed by atoms with van der Waals surface area (Å²) in [5.74, 6) is 0.829. The summed E-state index contributed by atoms with van der Waals surface area (Å²) in [6.07, 6.45) is 1.77. The summed E-state index contributed by atoms with van der Waals surface area (Å²) in [7, 11) is 1.65. The van der Waals surface area contributed by atoms with Crippen LogP contribution in [-0.2, 0) is 0 Å². The third-order valence-corrected chi connectivity index (χ3v) is 2.34. The number of benzene rings is 1. The molecule has 0 unspecified atom stereocenters. The van der Waals surface area contributed by atoms with Gasteiger partial charge in [0.2, 0.25) is 0 Å². The molecule has 1 aromatic heterocycles. The molecule has 62 valence electrons. The fourth-order valence-electron chi connectivity index (χ4n) is 1.11. The molecule has 0 aliphatic heterocycles. The van der Waals surface area contributed by atoms with Crippen LogP contribution in [0, 0.1) is 0 Å². The van der Waals surface area contributed by atoms with Crippen molar-refractivity contribution >= 4 is 26.8 Å². The van der Waals surface area contributed by atoms with Crippen molar-refractivity contribution < 1.29 is 4.74 Å². The van der Waals surface area contributed by atoms with Crippen LogP contribution in [0.25, 0.3) is 10.9 Å². The van der Waals surface area contributed by atoms with Crippen LogP contribution in [0.3, 0.4) is 0 Å². The van der Waals surface area contributed by atoms with Gasteiger partial charge in [-0.25, -0.2) is 0 Å². The minimum atomic E-state index is 0.829. The average molecular weight is 227 g/mol. The van der Waals surface area contributed by atoms with Crippen molar-refractivity contribution in [2.75, 3.05) is 7.11 Å². The van der Waals surface area contributed by atoms with Gasteiger partial charge in [0.1, 0.15) is 5.75 Å². The van der Waals surface area contributed by atoms with E-state index in [0.29, 0.717) is 0 Å². The summed E-state index contributed by atoms with van der Waals surface area (Å²) < 4.78 is 6.07. The first-order valence-electron chi connectivity index (χ1n) is 3.48. The summed E-state index contributed by atoms with van der Waals surface area (Å²) in [6.45, 7) is 0. The molecular formula is C8H7BrN2O. The van der Waals surface area contributed by atoms with E-state index in [1.807, 2.05) is 12.1 Å². The third-order valence-electron chi connectivity index (χ3n) is 1.71. The van der Waals surface area contributed by atoms with Crippen LogP contribution in [0.5, 0.6) is 5.75 Å². The smallest absolute Gasteiger partial charge is 0.120 e. The number of ether oxygens (including phenoxy) is 1. The molecular weight excluding hydrogens is 220 g/mol. The number of nitrogens with one attached hydrogen (secondary N) is 1. The number of nitrogens with zero attached hydrogens (tertiary/aromatic N) is 1. The van der Waals surface area contributed by atoms with Crippen molar-refractivity contribution in [3.63, 3.8) is 0 Å². The maximum atomic E-state index is 5.10. The maximum absolute atomic E-state index is 5.10. The zero-order valence-corrected chi connectivity index (χ0v) is 8.05. The van der Waals surface area contributed by atoms with Crippen LogP contribution in [-0.4, -0.2) is 17.3 Å². The van der Waals surface area contributed by atoms with Gasteiger partial charge in [-0.3, -0.25) is 5.10 Å². The van der Waals surface area contributed by atoms with Crippen LogP contribution in [0.4, 0.5) is 0 Å². The zero-order chi connectivity index (χ0) is 8.55. The molecule has 0 saturated carbocycles. The Morgan fingerprint density at radius 3 is 3.08 bits per heavy atom. The number of methoxy groups -OCH3 is 1. The summed E-state index contributed by atoms with van der Waals surface area (Å²) in [6, 6.07) is 3.84. The Morgan fingerprint density at radius 2 is 2.33 bits per heavy atom. The van der Waals surface area contributed by atoms with Crippen LogP contribution in [0.15, 0.2) is 22.8 Å². The highest BCUT2D eigenvalue weighted by Gasteiger charge is 2.02. The second-order valence-corrected chi connectivity index (χ2v) is 3.30. The van der Waals surface area contributed by atoms with E-state index in [0.717, 1.165) is 21.1 Å². The summed E-state index contributed by atoms with van der Waals surface area (Å²) in [5.41, 5.74) is 0.996. The Balaban J connectivity index is 2.75. The lowest BCUT2D eigenvalue weighted by Crippen LogP contribution is -1.82. The molecule has 0 atom stereocenters. The predicted molar refractivity (Wildman–Crippen MR) is 50.3 cm³/mol. The van der Waals surface area contributed by atoms with Crippen LogP contribution >= 0.6 is 15.9 Å². The lowest BCUT2D eigenvalue weighted by atomic mass is 10.2. The standard InChI is InChI=1S/C8H7BrN2O/c1-12-6-2-5-4-10-11-8(5)7(9)3-6/h2-4H,1H3,(H,10,11). The molecule has 0 bridgehead atoms. The van der Waals surface area contributed by atoms with E-state index in [1.165, 1.54) is 0 Å². The van der Waals surface area contributed by atoms with E-state index in [1.54, 1.807) is 13.3 Å². The fourth-order valence-corrected chi connectivity index (χ4v) is 1.65. The first-order chi connectivity index (χ1) is 5.81. The van der Waals surface area contributed by atoms with E-state index in [9.17, 15) is 0 Å². The van der Waals surface area contributed by atoms with Crippen molar-refractivity contribution in [3.05, 3.63) is 22.8 Å². The molecule has 2 rings (SSSR count). The molecule has 12 heavy (non-hydrogen) atoms. The minimum Gasteiger partial charge on any atom is -0.497 e. The monoisotopic (exact) mass is 226 g/mol. The number of H-pyrrole nitrogens is 1. The maximum Gasteiger partial charge on any atom is 0.120 e. The topological polar surface area (TPSA) is 37.9 Å². The van der Waals surface area contributed by atoms with Gasteiger partial charge in [-0.2, -0.15) is 5.10 Å². The first kappa shape index (κ1) is 7.61. The SMILES string of the molecule is COc1cc(Br)c2[nH]ncc2c1. The molecule has 3 nitrogen and oxygen atoms in total. The first-order valence-corrected chi connectivity index (χ1v) is 4.27. The van der Waals surface area contributed by atoms with Crippen molar-refractivity contribution in [2.45, 2.75) is 0 Å². The molecule has 0 aliphatic rings. The number of hydrogen-bond donors (Lipinski definition) is 1. The van der Waals surface area contributed by atoms with Crippen molar-refractivity contribution in [3.8, 4) is 5.75 Å². The number of halogens is 1. The van der Waals surface area contributed by atoms with Crippen molar-refractivity contribution in [1.29, 1.82) is 0 Å². The summed E-state index contributed by atoms with van der Waals surface area (Å²) in [5, 5.41) is 7.86. The van der Waals surface area contributed by atoms with Crippen LogP contribution in [0.2, 0.25) is 0 Å². The second kappa shape index (κ2) is 2.79. The van der Waals surface area contributed by atoms with E-state index in [4.69, 9.17) is 4.74 Å². The largest absolute Gasteiger partial charge is 0.497 e. The molecule has 4 heteroatoms. The van der Waals surface area contributed by atoms with Crippen LogP contribution < -0.4 is 4.74 Å². The lowest BCUT2D eigenvalue weighted by molar-refractivity contribution is 0.415. The number of hydrogen-bond acceptors (Lipinski definition) is 2. The molecule has 0 fully saturated rings.